The van der Waals surface area contributed by atoms with Crippen LogP contribution in [0.15, 0.2) is 52.3 Å². The molecule has 0 heterocycles. The highest BCUT2D eigenvalue weighted by atomic mass is 32.2. The van der Waals surface area contributed by atoms with Crippen LogP contribution in [0.1, 0.15) is 15.9 Å². The molecule has 0 aliphatic carbocycles. The topological polar surface area (TPSA) is 80.4 Å². The summed E-state index contributed by atoms with van der Waals surface area (Å²) in [7, 11) is 0. The van der Waals surface area contributed by atoms with Gasteiger partial charge in [-0.3, -0.25) is 10.1 Å². The first kappa shape index (κ1) is 14.1. The Labute approximate surface area is 119 Å². The second-order valence-electron chi connectivity index (χ2n) is 4.08. The summed E-state index contributed by atoms with van der Waals surface area (Å²) < 4.78 is 0. The fourth-order valence-electron chi connectivity index (χ4n) is 1.75. The maximum Gasteiger partial charge on any atom is 0.342 e. The Kier molecular flexibility index (Phi) is 4.05. The minimum absolute atomic E-state index is 0.298. The van der Waals surface area contributed by atoms with Crippen molar-refractivity contribution in [1.82, 2.24) is 0 Å². The Morgan fingerprint density at radius 3 is 2.40 bits per heavy atom. The standard InChI is InChI=1S/C14H11NO4S/c1-9-5-2-3-7-11(9)20-12-8-4-6-10(14(16)17)13(12)15(18)19/h2-8H,1H3,(H,16,17). The molecule has 0 amide bonds. The van der Waals surface area contributed by atoms with Gasteiger partial charge in [0, 0.05) is 4.90 Å². The maximum atomic E-state index is 11.2. The number of nitrogens with zero attached hydrogens (tertiary/aromatic N) is 1. The van der Waals surface area contributed by atoms with Crippen LogP contribution in [0.2, 0.25) is 0 Å². The van der Waals surface area contributed by atoms with E-state index in [1.807, 2.05) is 31.2 Å². The van der Waals surface area contributed by atoms with Gasteiger partial charge >= 0.3 is 5.97 Å². The molecule has 0 atom stereocenters. The molecule has 2 aromatic carbocycles. The molecule has 0 spiro atoms. The van der Waals surface area contributed by atoms with Crippen molar-refractivity contribution in [2.24, 2.45) is 0 Å². The fraction of sp³-hybridized carbons (Fsp3) is 0.0714. The van der Waals surface area contributed by atoms with Crippen LogP contribution in [0.25, 0.3) is 0 Å². The molecular formula is C14H11NO4S. The monoisotopic (exact) mass is 289 g/mol. The van der Waals surface area contributed by atoms with Gasteiger partial charge in [0.2, 0.25) is 0 Å². The quantitative estimate of drug-likeness (QED) is 0.684. The van der Waals surface area contributed by atoms with Crippen molar-refractivity contribution >= 4 is 23.4 Å². The molecular weight excluding hydrogens is 278 g/mol. The Hall–Kier alpha value is -2.34. The molecule has 0 aliphatic heterocycles. The summed E-state index contributed by atoms with van der Waals surface area (Å²) in [5.41, 5.74) is 0.314. The number of hydrogen-bond donors (Lipinski definition) is 1. The van der Waals surface area contributed by atoms with Crippen LogP contribution >= 0.6 is 11.8 Å². The molecule has 6 heteroatoms. The molecule has 0 saturated heterocycles. The van der Waals surface area contributed by atoms with Gasteiger partial charge in [-0.2, -0.15) is 0 Å². The van der Waals surface area contributed by atoms with Gasteiger partial charge in [-0.25, -0.2) is 4.79 Å². The number of carboxylic acid groups (broad SMARTS) is 1. The van der Waals surface area contributed by atoms with Gasteiger partial charge in [0.05, 0.1) is 9.82 Å². The van der Waals surface area contributed by atoms with Crippen LogP contribution in [0.5, 0.6) is 0 Å². The van der Waals surface area contributed by atoms with Crippen LogP contribution in [0.3, 0.4) is 0 Å². The first-order valence-electron chi connectivity index (χ1n) is 5.75. The van der Waals surface area contributed by atoms with Gasteiger partial charge in [-0.05, 0) is 30.7 Å². The summed E-state index contributed by atoms with van der Waals surface area (Å²) in [6, 6.07) is 11.8. The van der Waals surface area contributed by atoms with E-state index < -0.39 is 10.9 Å². The van der Waals surface area contributed by atoms with Gasteiger partial charge in [0.25, 0.3) is 5.69 Å². The van der Waals surface area contributed by atoms with Gasteiger partial charge in [-0.15, -0.1) is 0 Å². The van der Waals surface area contributed by atoms with E-state index in [0.717, 1.165) is 10.5 Å². The first-order chi connectivity index (χ1) is 9.50. The Morgan fingerprint density at radius 2 is 1.80 bits per heavy atom. The van der Waals surface area contributed by atoms with E-state index in [0.29, 0.717) is 4.90 Å². The number of aryl methyl sites for hydroxylation is 1. The lowest BCUT2D eigenvalue weighted by Crippen LogP contribution is -2.03. The third-order valence-electron chi connectivity index (χ3n) is 2.73. The van der Waals surface area contributed by atoms with Crippen molar-refractivity contribution in [2.45, 2.75) is 16.7 Å². The van der Waals surface area contributed by atoms with Crippen molar-refractivity contribution in [3.05, 3.63) is 63.7 Å². The van der Waals surface area contributed by atoms with Gasteiger partial charge < -0.3 is 5.11 Å². The highest BCUT2D eigenvalue weighted by molar-refractivity contribution is 7.99. The largest absolute Gasteiger partial charge is 0.477 e. The SMILES string of the molecule is Cc1ccccc1Sc1cccc(C(=O)O)c1[N+](=O)[O-]. The predicted octanol–water partition coefficient (Wildman–Crippen LogP) is 3.75. The van der Waals surface area contributed by atoms with Crippen LogP contribution < -0.4 is 0 Å². The molecule has 5 nitrogen and oxygen atoms in total. The number of carboxylic acids is 1. The summed E-state index contributed by atoms with van der Waals surface area (Å²) in [5, 5.41) is 20.2. The molecule has 2 rings (SSSR count). The number of benzene rings is 2. The van der Waals surface area contributed by atoms with Gasteiger partial charge in [0.1, 0.15) is 5.56 Å². The lowest BCUT2D eigenvalue weighted by molar-refractivity contribution is -0.388. The summed E-state index contributed by atoms with van der Waals surface area (Å²) >= 11 is 1.20. The Balaban J connectivity index is 2.52. The lowest BCUT2D eigenvalue weighted by Gasteiger charge is -2.07. The number of hydrogen-bond acceptors (Lipinski definition) is 4. The van der Waals surface area contributed by atoms with E-state index in [4.69, 9.17) is 5.11 Å². The Bertz CT molecular complexity index is 685. The summed E-state index contributed by atoms with van der Waals surface area (Å²) in [6.45, 7) is 1.90. The smallest absolute Gasteiger partial charge is 0.342 e. The zero-order valence-corrected chi connectivity index (χ0v) is 11.4. The molecule has 1 N–H and O–H groups in total. The molecule has 0 saturated carbocycles. The minimum Gasteiger partial charge on any atom is -0.477 e. The molecule has 0 bridgehead atoms. The van der Waals surface area contributed by atoms with Crippen molar-refractivity contribution in [3.63, 3.8) is 0 Å². The highest BCUT2D eigenvalue weighted by Crippen LogP contribution is 2.38. The van der Waals surface area contributed by atoms with E-state index in [9.17, 15) is 14.9 Å². The molecule has 0 unspecified atom stereocenters. The van der Waals surface area contributed by atoms with E-state index in [1.165, 1.54) is 23.9 Å². The molecule has 102 valence electrons. The first-order valence-corrected chi connectivity index (χ1v) is 6.56. The molecule has 0 aromatic heterocycles. The third kappa shape index (κ3) is 2.80. The van der Waals surface area contributed by atoms with Crippen LogP contribution in [-0.2, 0) is 0 Å². The molecule has 0 radical (unpaired) electrons. The third-order valence-corrected chi connectivity index (χ3v) is 3.95. The van der Waals surface area contributed by atoms with Crippen molar-refractivity contribution in [2.75, 3.05) is 0 Å². The van der Waals surface area contributed by atoms with Gasteiger partial charge in [-0.1, -0.05) is 36.0 Å². The summed E-state index contributed by atoms with van der Waals surface area (Å²) in [5.74, 6) is -1.30. The average molecular weight is 289 g/mol. The van der Waals surface area contributed by atoms with Crippen LogP contribution in [-0.4, -0.2) is 16.0 Å². The molecule has 0 fully saturated rings. The molecule has 20 heavy (non-hydrogen) atoms. The highest BCUT2D eigenvalue weighted by Gasteiger charge is 2.24. The van der Waals surface area contributed by atoms with Crippen LogP contribution in [0, 0.1) is 17.0 Å². The zero-order chi connectivity index (χ0) is 14.7. The average Bonchev–Trinajstić information content (AvgIpc) is 2.40. The molecule has 0 aliphatic rings. The summed E-state index contributed by atoms with van der Waals surface area (Å²) in [4.78, 5) is 22.8. The number of nitro benzene ring substituents is 1. The van der Waals surface area contributed by atoms with E-state index >= 15 is 0 Å². The number of para-hydroxylation sites is 1. The Morgan fingerprint density at radius 1 is 1.15 bits per heavy atom. The number of aromatic carboxylic acids is 1. The zero-order valence-electron chi connectivity index (χ0n) is 10.6. The number of carbonyl (C=O) groups is 1. The maximum absolute atomic E-state index is 11.2. The van der Waals surface area contributed by atoms with Crippen molar-refractivity contribution < 1.29 is 14.8 Å². The summed E-state index contributed by atoms with van der Waals surface area (Å²) in [6.07, 6.45) is 0. The number of nitro groups is 1. The predicted molar refractivity (Wildman–Crippen MR) is 75.4 cm³/mol. The van der Waals surface area contributed by atoms with Crippen LogP contribution in [0.4, 0.5) is 5.69 Å². The minimum atomic E-state index is -1.30. The van der Waals surface area contributed by atoms with Crippen molar-refractivity contribution in [1.29, 1.82) is 0 Å². The van der Waals surface area contributed by atoms with E-state index in [2.05, 4.69) is 0 Å². The lowest BCUT2D eigenvalue weighted by atomic mass is 10.2. The molecule has 2 aromatic rings. The van der Waals surface area contributed by atoms with Gasteiger partial charge in [0.15, 0.2) is 0 Å². The second-order valence-corrected chi connectivity index (χ2v) is 5.17. The normalized spacial score (nSPS) is 10.2. The number of rotatable bonds is 4. The van der Waals surface area contributed by atoms with Crippen molar-refractivity contribution in [3.8, 4) is 0 Å². The second kappa shape index (κ2) is 5.75. The van der Waals surface area contributed by atoms with E-state index in [1.54, 1.807) is 6.07 Å². The fourth-order valence-corrected chi connectivity index (χ4v) is 2.80. The van der Waals surface area contributed by atoms with E-state index in [-0.39, 0.29) is 11.3 Å².